The lowest BCUT2D eigenvalue weighted by Gasteiger charge is -2.43. The van der Waals surface area contributed by atoms with Crippen molar-refractivity contribution in [2.45, 2.75) is 51.2 Å². The quantitative estimate of drug-likeness (QED) is 0.825. The molecule has 1 aromatic rings. The van der Waals surface area contributed by atoms with Crippen molar-refractivity contribution in [3.63, 3.8) is 0 Å². The molecule has 3 fully saturated rings. The van der Waals surface area contributed by atoms with E-state index in [0.29, 0.717) is 0 Å². The van der Waals surface area contributed by atoms with Crippen LogP contribution in [0.3, 0.4) is 0 Å². The first-order valence-electron chi connectivity index (χ1n) is 9.56. The molecule has 0 aromatic carbocycles. The molecule has 1 amide bonds. The summed E-state index contributed by atoms with van der Waals surface area (Å²) in [6, 6.07) is 0.775. The van der Waals surface area contributed by atoms with Crippen LogP contribution in [0, 0.1) is 6.92 Å². The van der Waals surface area contributed by atoms with Crippen LogP contribution in [0.5, 0.6) is 0 Å². The van der Waals surface area contributed by atoms with Crippen LogP contribution in [0.15, 0.2) is 5.38 Å². The lowest BCUT2D eigenvalue weighted by molar-refractivity contribution is 0.0230. The first-order chi connectivity index (χ1) is 12.2. The van der Waals surface area contributed by atoms with Crippen molar-refractivity contribution in [2.75, 3.05) is 44.2 Å². The standard InChI is InChI=1S/C18H28N4O2S/c1-14-13-25-17(19-14)21-7-5-16(6-8-21)24-18(23)22-11-9-20(10-12-22)15-3-2-4-15/h13,15-16H,2-12H2,1H3. The van der Waals surface area contributed by atoms with Gasteiger partial charge in [-0.1, -0.05) is 6.42 Å². The minimum Gasteiger partial charge on any atom is -0.446 e. The normalized spacial score (nSPS) is 23.6. The van der Waals surface area contributed by atoms with Gasteiger partial charge >= 0.3 is 6.09 Å². The van der Waals surface area contributed by atoms with E-state index in [9.17, 15) is 4.79 Å². The minimum atomic E-state index is -0.114. The number of aromatic nitrogens is 1. The van der Waals surface area contributed by atoms with Gasteiger partial charge in [0, 0.05) is 63.5 Å². The second kappa shape index (κ2) is 7.50. The highest BCUT2D eigenvalue weighted by atomic mass is 32.1. The summed E-state index contributed by atoms with van der Waals surface area (Å²) in [4.78, 5) is 23.7. The number of piperazine rings is 1. The Kier molecular flexibility index (Phi) is 5.12. The van der Waals surface area contributed by atoms with Crippen molar-refractivity contribution < 1.29 is 9.53 Å². The molecule has 1 aliphatic carbocycles. The van der Waals surface area contributed by atoms with Crippen LogP contribution in [0.1, 0.15) is 37.8 Å². The van der Waals surface area contributed by atoms with Crippen LogP contribution in [-0.4, -0.2) is 72.3 Å². The maximum atomic E-state index is 12.4. The number of carbonyl (C=O) groups excluding carboxylic acids is 1. The van der Waals surface area contributed by atoms with Crippen LogP contribution in [0.25, 0.3) is 0 Å². The van der Waals surface area contributed by atoms with E-state index in [4.69, 9.17) is 4.74 Å². The SMILES string of the molecule is Cc1csc(N2CCC(OC(=O)N3CCN(C4CCC4)CC3)CC2)n1. The highest BCUT2D eigenvalue weighted by Crippen LogP contribution is 2.27. The van der Waals surface area contributed by atoms with Crippen molar-refractivity contribution in [1.29, 1.82) is 0 Å². The predicted molar refractivity (Wildman–Crippen MR) is 99.4 cm³/mol. The molecular formula is C18H28N4O2S. The Hall–Kier alpha value is -1.34. The highest BCUT2D eigenvalue weighted by Gasteiger charge is 2.31. The van der Waals surface area contributed by atoms with E-state index in [-0.39, 0.29) is 12.2 Å². The fraction of sp³-hybridized carbons (Fsp3) is 0.778. The molecule has 4 rings (SSSR count). The van der Waals surface area contributed by atoms with Crippen LogP contribution in [0.2, 0.25) is 0 Å². The van der Waals surface area contributed by atoms with Crippen LogP contribution in [-0.2, 0) is 4.74 Å². The van der Waals surface area contributed by atoms with Crippen molar-refractivity contribution in [3.05, 3.63) is 11.1 Å². The second-order valence-electron chi connectivity index (χ2n) is 7.45. The first kappa shape index (κ1) is 17.1. The minimum absolute atomic E-state index is 0.0504. The first-order valence-corrected chi connectivity index (χ1v) is 10.4. The molecule has 3 aliphatic rings. The van der Waals surface area contributed by atoms with Crippen LogP contribution in [0.4, 0.5) is 9.93 Å². The van der Waals surface area contributed by atoms with Gasteiger partial charge in [-0.15, -0.1) is 11.3 Å². The average Bonchev–Trinajstić information content (AvgIpc) is 3.01. The van der Waals surface area contributed by atoms with Gasteiger partial charge in [-0.25, -0.2) is 9.78 Å². The Balaban J connectivity index is 1.20. The predicted octanol–water partition coefficient (Wildman–Crippen LogP) is 2.73. The summed E-state index contributed by atoms with van der Waals surface area (Å²) >= 11 is 1.70. The van der Waals surface area contributed by atoms with E-state index in [1.165, 1.54) is 19.3 Å². The zero-order chi connectivity index (χ0) is 17.2. The van der Waals surface area contributed by atoms with Crippen LogP contribution >= 0.6 is 11.3 Å². The molecule has 1 aromatic heterocycles. The molecule has 0 N–H and O–H groups in total. The van der Waals surface area contributed by atoms with Gasteiger partial charge in [-0.3, -0.25) is 4.90 Å². The van der Waals surface area contributed by atoms with E-state index < -0.39 is 0 Å². The number of aryl methyl sites for hydroxylation is 1. The topological polar surface area (TPSA) is 48.9 Å². The van der Waals surface area contributed by atoms with E-state index in [1.807, 2.05) is 11.8 Å². The van der Waals surface area contributed by atoms with Crippen molar-refractivity contribution in [3.8, 4) is 0 Å². The molecule has 25 heavy (non-hydrogen) atoms. The van der Waals surface area contributed by atoms with E-state index in [2.05, 4.69) is 20.2 Å². The average molecular weight is 365 g/mol. The third-order valence-corrected chi connectivity index (χ3v) is 6.77. The van der Waals surface area contributed by atoms with Gasteiger partial charge in [0.15, 0.2) is 5.13 Å². The van der Waals surface area contributed by atoms with Gasteiger partial charge in [0.05, 0.1) is 5.69 Å². The maximum Gasteiger partial charge on any atom is 0.410 e. The number of rotatable bonds is 3. The number of ether oxygens (including phenoxy) is 1. The number of hydrogen-bond acceptors (Lipinski definition) is 6. The van der Waals surface area contributed by atoms with Gasteiger partial charge in [0.1, 0.15) is 6.10 Å². The monoisotopic (exact) mass is 364 g/mol. The molecule has 0 bridgehead atoms. The zero-order valence-corrected chi connectivity index (χ0v) is 15.8. The van der Waals surface area contributed by atoms with E-state index >= 15 is 0 Å². The molecule has 138 valence electrons. The van der Waals surface area contributed by atoms with Gasteiger partial charge in [0.2, 0.25) is 0 Å². The summed E-state index contributed by atoms with van der Waals surface area (Å²) in [7, 11) is 0. The van der Waals surface area contributed by atoms with Crippen molar-refractivity contribution >= 4 is 22.6 Å². The Morgan fingerprint density at radius 3 is 2.40 bits per heavy atom. The summed E-state index contributed by atoms with van der Waals surface area (Å²) in [5.74, 6) is 0. The summed E-state index contributed by atoms with van der Waals surface area (Å²) in [5.41, 5.74) is 1.08. The van der Waals surface area contributed by atoms with Crippen LogP contribution < -0.4 is 4.90 Å². The number of hydrogen-bond donors (Lipinski definition) is 0. The molecule has 2 saturated heterocycles. The van der Waals surface area contributed by atoms with Gasteiger partial charge in [0.25, 0.3) is 0 Å². The number of nitrogens with zero attached hydrogens (tertiary/aromatic N) is 4. The molecule has 6 nitrogen and oxygen atoms in total. The second-order valence-corrected chi connectivity index (χ2v) is 8.29. The lowest BCUT2D eigenvalue weighted by Crippen LogP contribution is -2.54. The van der Waals surface area contributed by atoms with Crippen molar-refractivity contribution in [2.24, 2.45) is 0 Å². The summed E-state index contributed by atoms with van der Waals surface area (Å²) < 4.78 is 5.78. The fourth-order valence-electron chi connectivity index (χ4n) is 3.89. The zero-order valence-electron chi connectivity index (χ0n) is 15.0. The number of anilines is 1. The molecule has 0 spiro atoms. The smallest absolute Gasteiger partial charge is 0.410 e. The largest absolute Gasteiger partial charge is 0.446 e. The number of piperidine rings is 1. The molecule has 1 saturated carbocycles. The van der Waals surface area contributed by atoms with Gasteiger partial charge < -0.3 is 14.5 Å². The number of carbonyl (C=O) groups is 1. The Bertz CT molecular complexity index is 588. The molecule has 3 heterocycles. The van der Waals surface area contributed by atoms with Gasteiger partial charge in [-0.2, -0.15) is 0 Å². The molecule has 0 unspecified atom stereocenters. The molecule has 0 atom stereocenters. The van der Waals surface area contributed by atoms with E-state index in [0.717, 1.165) is 69.0 Å². The summed E-state index contributed by atoms with van der Waals surface area (Å²) in [6.07, 6.45) is 5.76. The molecule has 7 heteroatoms. The van der Waals surface area contributed by atoms with Gasteiger partial charge in [-0.05, 0) is 19.8 Å². The number of thiazole rings is 1. The highest BCUT2D eigenvalue weighted by molar-refractivity contribution is 7.13. The van der Waals surface area contributed by atoms with Crippen molar-refractivity contribution in [1.82, 2.24) is 14.8 Å². The molecule has 2 aliphatic heterocycles. The lowest BCUT2D eigenvalue weighted by atomic mass is 9.91. The third-order valence-electron chi connectivity index (χ3n) is 5.75. The summed E-state index contributed by atoms with van der Waals surface area (Å²) in [6.45, 7) is 7.49. The maximum absolute atomic E-state index is 12.4. The Labute approximate surface area is 153 Å². The third kappa shape index (κ3) is 3.92. The Morgan fingerprint density at radius 2 is 1.84 bits per heavy atom. The molecular weight excluding hydrogens is 336 g/mol. The fourth-order valence-corrected chi connectivity index (χ4v) is 4.75. The summed E-state index contributed by atoms with van der Waals surface area (Å²) in [5, 5.41) is 3.18. The van der Waals surface area contributed by atoms with E-state index in [1.54, 1.807) is 11.3 Å². The Morgan fingerprint density at radius 1 is 1.12 bits per heavy atom. The number of amides is 1. The molecule has 0 radical (unpaired) electrons.